The molecule has 7 aromatic carbocycles. The van der Waals surface area contributed by atoms with Crippen molar-refractivity contribution in [1.29, 1.82) is 0 Å². The van der Waals surface area contributed by atoms with Gasteiger partial charge < -0.3 is 9.13 Å². The first-order valence-electron chi connectivity index (χ1n) is 29.8. The Morgan fingerprint density at radius 3 is 1.64 bits per heavy atom. The first kappa shape index (κ1) is 9.82. The molecule has 0 amide bonds. The molecule has 2 heterocycles. The van der Waals surface area contributed by atoms with Crippen LogP contribution < -0.4 is 0 Å². The minimum Gasteiger partial charge on any atom is -0.309 e. The molecular formula is C45H32N2. The second-order valence-corrected chi connectivity index (χ2v) is 10.5. The minimum atomic E-state index is -3.91. The van der Waals surface area contributed by atoms with E-state index in [4.69, 9.17) is 32.9 Å². The third kappa shape index (κ3) is 3.67. The standard InChI is InChI=1S/C45H32N2/c1-45(2)39-19-11-9-17-33(39)35-28-44-38(27-40(35)45)37-26-30(22-24-43(37)47(44)32-15-7-4-8-16-32)29-21-23-42-36(25-29)34-18-10-12-20-41(34)46(42)31-13-5-3-6-14-31/h3-28H,1-2H3/i1D3,2D3,3D,4D,5D,6D,7D,8D,9D,10D,11D,12D,13D,14D,15D,16D,17D,18D,19D,20D,21D,22D,23D,24D,25D,26D,27D,28D. The van der Waals surface area contributed by atoms with Gasteiger partial charge in [-0.05, 0) is 99.8 Å². The van der Waals surface area contributed by atoms with E-state index in [1.807, 2.05) is 0 Å². The van der Waals surface area contributed by atoms with Crippen molar-refractivity contribution in [2.24, 2.45) is 0 Å². The lowest BCUT2D eigenvalue weighted by atomic mass is 9.82. The second kappa shape index (κ2) is 9.57. The molecular weight excluding hydrogens is 569 g/mol. The van der Waals surface area contributed by atoms with Gasteiger partial charge in [-0.2, -0.15) is 0 Å². The van der Waals surface area contributed by atoms with Crippen LogP contribution in [0.1, 0.15) is 68.7 Å². The molecule has 0 saturated carbocycles. The topological polar surface area (TPSA) is 9.86 Å². The highest BCUT2D eigenvalue weighted by atomic mass is 15.0. The lowest BCUT2D eigenvalue weighted by Gasteiger charge is -2.21. The van der Waals surface area contributed by atoms with Crippen molar-refractivity contribution in [2.45, 2.75) is 19.1 Å². The fourth-order valence-electron chi connectivity index (χ4n) is 6.00. The Bertz CT molecular complexity index is 4330. The summed E-state index contributed by atoms with van der Waals surface area (Å²) in [5, 5.41) is -3.07. The molecule has 0 aliphatic heterocycles. The number of aromatic nitrogens is 2. The summed E-state index contributed by atoms with van der Waals surface area (Å²) in [5.74, 6) is 0. The van der Waals surface area contributed by atoms with Gasteiger partial charge in [0, 0.05) is 46.6 Å². The van der Waals surface area contributed by atoms with Gasteiger partial charge in [0.05, 0.1) is 57.7 Å². The second-order valence-electron chi connectivity index (χ2n) is 10.5. The van der Waals surface area contributed by atoms with Crippen LogP contribution in [-0.4, -0.2) is 9.13 Å². The normalized spacial score (nSPS) is 23.7. The maximum atomic E-state index is 10.0. The van der Waals surface area contributed by atoms with Gasteiger partial charge in [-0.1, -0.05) is 104 Å². The van der Waals surface area contributed by atoms with Gasteiger partial charge in [0.15, 0.2) is 0 Å². The Balaban J connectivity index is 1.51. The molecule has 10 rings (SSSR count). The molecule has 0 unspecified atom stereocenters. The van der Waals surface area contributed by atoms with E-state index < -0.39 is 265 Å². The van der Waals surface area contributed by atoms with Crippen molar-refractivity contribution in [1.82, 2.24) is 9.13 Å². The fraction of sp³-hybridized carbons (Fsp3) is 0.0667. The van der Waals surface area contributed by atoms with Crippen LogP contribution in [0.5, 0.6) is 0 Å². The number of hydrogen-bond donors (Lipinski definition) is 0. The number of nitrogens with zero attached hydrogens (tertiary/aromatic N) is 2. The Kier molecular flexibility index (Phi) is 2.00. The summed E-state index contributed by atoms with van der Waals surface area (Å²) >= 11 is 0. The molecule has 0 atom stereocenters. The van der Waals surface area contributed by atoms with Gasteiger partial charge in [0.2, 0.25) is 0 Å². The van der Waals surface area contributed by atoms with Crippen molar-refractivity contribution < 1.29 is 43.9 Å². The van der Waals surface area contributed by atoms with E-state index in [1.54, 1.807) is 0 Å². The van der Waals surface area contributed by atoms with Crippen LogP contribution in [0.3, 0.4) is 0 Å². The van der Waals surface area contributed by atoms with Crippen molar-refractivity contribution in [3.63, 3.8) is 0 Å². The van der Waals surface area contributed by atoms with E-state index >= 15 is 0 Å². The summed E-state index contributed by atoms with van der Waals surface area (Å²) in [6.45, 7) is -7.82. The lowest BCUT2D eigenvalue weighted by Crippen LogP contribution is -2.14. The molecule has 0 radical (unpaired) electrons. The molecule has 2 aromatic heterocycles. The molecule has 2 heteroatoms. The Morgan fingerprint density at radius 2 is 0.957 bits per heavy atom. The largest absolute Gasteiger partial charge is 0.309 e. The van der Waals surface area contributed by atoms with Crippen LogP contribution in [0.25, 0.3) is 77.2 Å². The first-order chi connectivity index (χ1) is 36.4. The maximum absolute atomic E-state index is 10.0. The van der Waals surface area contributed by atoms with Gasteiger partial charge in [-0.15, -0.1) is 0 Å². The van der Waals surface area contributed by atoms with Gasteiger partial charge >= 0.3 is 0 Å². The van der Waals surface area contributed by atoms with Crippen LogP contribution in [0.15, 0.2) is 157 Å². The van der Waals surface area contributed by atoms with Gasteiger partial charge in [-0.3, -0.25) is 0 Å². The van der Waals surface area contributed by atoms with Gasteiger partial charge in [0.25, 0.3) is 0 Å². The third-order valence-corrected chi connectivity index (χ3v) is 7.99. The van der Waals surface area contributed by atoms with Crippen LogP contribution in [-0.2, 0) is 5.41 Å². The van der Waals surface area contributed by atoms with Gasteiger partial charge in [0.1, 0.15) is 0 Å². The fourth-order valence-corrected chi connectivity index (χ4v) is 6.00. The highest BCUT2D eigenvalue weighted by molar-refractivity contribution is 6.14. The smallest absolute Gasteiger partial charge is 0.0652 e. The Morgan fingerprint density at radius 1 is 0.426 bits per heavy atom. The highest BCUT2D eigenvalue weighted by Gasteiger charge is 2.36. The van der Waals surface area contributed by atoms with Crippen LogP contribution in [0, 0.1) is 0 Å². The zero-order valence-corrected chi connectivity index (χ0v) is 23.4. The molecule has 0 bridgehead atoms. The quantitative estimate of drug-likeness (QED) is 0.183. The van der Waals surface area contributed by atoms with Crippen molar-refractivity contribution in [3.8, 4) is 33.6 Å². The number of para-hydroxylation sites is 3. The molecule has 9 aromatic rings. The first-order valence-corrected chi connectivity index (χ1v) is 13.8. The highest BCUT2D eigenvalue weighted by Crippen LogP contribution is 2.51. The van der Waals surface area contributed by atoms with Crippen molar-refractivity contribution >= 4 is 43.6 Å². The van der Waals surface area contributed by atoms with E-state index in [0.717, 1.165) is 0 Å². The Hall–Kier alpha value is -5.86. The molecule has 0 fully saturated rings. The minimum absolute atomic E-state index is 0.607. The number of fused-ring (bicyclic) bond motifs is 9. The zero-order valence-electron chi connectivity index (χ0n) is 55.4. The monoisotopic (exact) mass is 632 g/mol. The molecule has 0 N–H and O–H groups in total. The predicted molar refractivity (Wildman–Crippen MR) is 198 cm³/mol. The third-order valence-electron chi connectivity index (χ3n) is 7.99. The van der Waals surface area contributed by atoms with E-state index in [-0.39, 0.29) is 0 Å². The summed E-state index contributed by atoms with van der Waals surface area (Å²) in [4.78, 5) is 0. The predicted octanol–water partition coefficient (Wildman–Crippen LogP) is 11.9. The SMILES string of the molecule is [2H]c1c([2H])c([2H])c(-n2c3c([2H])c([2H])c([2H])c([2H])c3c3c([2H])c(-c4c([2H])c([2H])c5c(c4[2H])c4c([2H])c6c(c([2H])c4n5-c4c([2H])c([2H])c([2H])c([2H])c4[2H])-c4c([2H])c([2H])c([2H])c([2H])c4C6(C([2H])([2H])[2H])C([2H])([2H])[2H])c([2H])c([2H])c32)c([2H])c1[2H]. The molecule has 1 aliphatic rings. The summed E-state index contributed by atoms with van der Waals surface area (Å²) in [5.41, 5.74) is -14.3. The average molecular weight is 633 g/mol. The van der Waals surface area contributed by atoms with E-state index in [1.165, 1.54) is 0 Å². The van der Waals surface area contributed by atoms with Crippen LogP contribution in [0.4, 0.5) is 0 Å². The van der Waals surface area contributed by atoms with E-state index in [9.17, 15) is 11.0 Å². The summed E-state index contributed by atoms with van der Waals surface area (Å²) in [6, 6.07) is -26.9. The number of benzene rings is 7. The maximum Gasteiger partial charge on any atom is 0.0652 e. The van der Waals surface area contributed by atoms with Gasteiger partial charge in [-0.25, -0.2) is 0 Å². The summed E-state index contributed by atoms with van der Waals surface area (Å²) < 4.78 is 290. The summed E-state index contributed by atoms with van der Waals surface area (Å²) in [7, 11) is 0. The van der Waals surface area contributed by atoms with Crippen molar-refractivity contribution in [3.05, 3.63) is 168 Å². The molecule has 0 saturated heterocycles. The average Bonchev–Trinajstić information content (AvgIpc) is 3.58. The molecule has 0 spiro atoms. The van der Waals surface area contributed by atoms with E-state index in [2.05, 4.69) is 0 Å². The molecule has 2 nitrogen and oxygen atoms in total. The van der Waals surface area contributed by atoms with Crippen LogP contribution >= 0.6 is 0 Å². The molecule has 47 heavy (non-hydrogen) atoms. The zero-order chi connectivity index (χ0) is 58.9. The van der Waals surface area contributed by atoms with Crippen molar-refractivity contribution in [2.75, 3.05) is 0 Å². The lowest BCUT2D eigenvalue weighted by molar-refractivity contribution is 0.661. The number of rotatable bonds is 3. The molecule has 1 aliphatic carbocycles. The summed E-state index contributed by atoms with van der Waals surface area (Å²) in [6.07, 6.45) is 0. The van der Waals surface area contributed by atoms with E-state index in [0.29, 0.717) is 9.13 Å². The molecule has 222 valence electrons. The Labute approximate surface area is 318 Å². The number of hydrogen-bond acceptors (Lipinski definition) is 0. The van der Waals surface area contributed by atoms with Crippen LogP contribution in [0.2, 0.25) is 0 Å².